The van der Waals surface area contributed by atoms with E-state index in [4.69, 9.17) is 9.47 Å². The molecule has 0 aliphatic heterocycles. The summed E-state index contributed by atoms with van der Waals surface area (Å²) in [6.07, 6.45) is 1.57. The van der Waals surface area contributed by atoms with Crippen molar-refractivity contribution in [3.05, 3.63) is 83.3 Å². The second-order valence-electron chi connectivity index (χ2n) is 7.58. The van der Waals surface area contributed by atoms with Crippen LogP contribution in [0, 0.1) is 17.8 Å². The molecule has 2 aromatic carbocycles. The van der Waals surface area contributed by atoms with E-state index in [0.29, 0.717) is 17.2 Å². The Kier molecular flexibility index (Phi) is 6.12. The lowest BCUT2D eigenvalue weighted by atomic mass is 10.2. The van der Waals surface area contributed by atoms with Gasteiger partial charge in [0.05, 0.1) is 31.2 Å². The second-order valence-corrected chi connectivity index (χ2v) is 7.58. The molecule has 3 aromatic rings. The van der Waals surface area contributed by atoms with Crippen LogP contribution in [-0.2, 0) is 9.59 Å². The number of carbonyl (C=O) groups is 2. The van der Waals surface area contributed by atoms with Gasteiger partial charge in [-0.15, -0.1) is 5.12 Å². The van der Waals surface area contributed by atoms with Gasteiger partial charge in [0.2, 0.25) is 0 Å². The van der Waals surface area contributed by atoms with Gasteiger partial charge in [-0.25, -0.2) is 0 Å². The molecule has 1 heterocycles. The van der Waals surface area contributed by atoms with E-state index >= 15 is 0 Å². The fourth-order valence-electron chi connectivity index (χ4n) is 3.76. The van der Waals surface area contributed by atoms with Crippen LogP contribution in [0.3, 0.4) is 0 Å². The SMILES string of the molecule is COc1ccc(OCC2C(C(=O)O)C2C(=O)N(F)c2ccc(-n3ccccc3=O)cc2)cc1. The number of carboxylic acids is 1. The summed E-state index contributed by atoms with van der Waals surface area (Å²) in [6, 6.07) is 17.1. The van der Waals surface area contributed by atoms with Crippen molar-refractivity contribution in [3.63, 3.8) is 0 Å². The fraction of sp³-hybridized carbons (Fsp3) is 0.208. The maximum absolute atomic E-state index is 14.9. The van der Waals surface area contributed by atoms with Gasteiger partial charge in [-0.1, -0.05) is 10.5 Å². The van der Waals surface area contributed by atoms with Crippen molar-refractivity contribution in [1.82, 2.24) is 4.57 Å². The molecule has 1 saturated carbocycles. The molecule has 0 saturated heterocycles. The summed E-state index contributed by atoms with van der Waals surface area (Å²) < 4.78 is 26.9. The molecule has 0 spiro atoms. The molecule has 33 heavy (non-hydrogen) atoms. The summed E-state index contributed by atoms with van der Waals surface area (Å²) >= 11 is 0. The highest BCUT2D eigenvalue weighted by Gasteiger charge is 2.61. The molecule has 3 unspecified atom stereocenters. The van der Waals surface area contributed by atoms with Crippen LogP contribution in [0.4, 0.5) is 10.2 Å². The number of aliphatic carboxylic acids is 1. The van der Waals surface area contributed by atoms with Crippen molar-refractivity contribution in [2.45, 2.75) is 0 Å². The van der Waals surface area contributed by atoms with Crippen LogP contribution in [-0.4, -0.2) is 35.3 Å². The summed E-state index contributed by atoms with van der Waals surface area (Å²) in [5, 5.41) is 9.40. The topological polar surface area (TPSA) is 98.1 Å². The second kappa shape index (κ2) is 9.15. The van der Waals surface area contributed by atoms with Gasteiger partial charge < -0.3 is 14.6 Å². The number of amides is 1. The predicted molar refractivity (Wildman–Crippen MR) is 117 cm³/mol. The minimum absolute atomic E-state index is 0.0383. The van der Waals surface area contributed by atoms with E-state index in [1.54, 1.807) is 42.6 Å². The number of ether oxygens (including phenoxy) is 2. The summed E-state index contributed by atoms with van der Waals surface area (Å²) in [5.74, 6) is -3.72. The average molecular weight is 452 g/mol. The van der Waals surface area contributed by atoms with E-state index < -0.39 is 29.6 Å². The summed E-state index contributed by atoms with van der Waals surface area (Å²) in [6.45, 7) is -0.0383. The minimum Gasteiger partial charge on any atom is -0.497 e. The van der Waals surface area contributed by atoms with E-state index in [0.717, 1.165) is 0 Å². The normalized spacial score (nSPS) is 18.9. The lowest BCUT2D eigenvalue weighted by Gasteiger charge is -2.13. The molecule has 1 aromatic heterocycles. The number of rotatable bonds is 8. The standard InChI is InChI=1S/C24H21FN2O6/c1-32-17-9-11-18(12-10-17)33-14-19-21(22(19)24(30)31)23(29)27(25)16-7-5-15(6-8-16)26-13-3-2-4-20(26)28/h2-13,19,21-22H,14H2,1H3,(H,30,31). The highest BCUT2D eigenvalue weighted by atomic mass is 19.2. The highest BCUT2D eigenvalue weighted by Crippen LogP contribution is 2.48. The number of hydrogen-bond acceptors (Lipinski definition) is 5. The van der Waals surface area contributed by atoms with E-state index in [2.05, 4.69) is 0 Å². The molecule has 1 N–H and O–H groups in total. The number of pyridine rings is 1. The monoisotopic (exact) mass is 452 g/mol. The maximum Gasteiger partial charge on any atom is 0.307 e. The van der Waals surface area contributed by atoms with Crippen LogP contribution < -0.4 is 20.2 Å². The van der Waals surface area contributed by atoms with Crippen molar-refractivity contribution in [2.75, 3.05) is 18.8 Å². The van der Waals surface area contributed by atoms with Crippen molar-refractivity contribution in [1.29, 1.82) is 0 Å². The average Bonchev–Trinajstić information content (AvgIpc) is 3.57. The number of carboxylic acid groups (broad SMARTS) is 1. The molecule has 170 valence electrons. The van der Waals surface area contributed by atoms with Crippen LogP contribution >= 0.6 is 0 Å². The lowest BCUT2D eigenvalue weighted by molar-refractivity contribution is -0.140. The fourth-order valence-corrected chi connectivity index (χ4v) is 3.76. The Bertz CT molecular complexity index is 1210. The van der Waals surface area contributed by atoms with Gasteiger partial charge in [0.25, 0.3) is 11.5 Å². The number of methoxy groups -OCH3 is 1. The summed E-state index contributed by atoms with van der Waals surface area (Å²) in [4.78, 5) is 36.2. The van der Waals surface area contributed by atoms with Crippen molar-refractivity contribution >= 4 is 17.6 Å². The first kappa shape index (κ1) is 22.1. The van der Waals surface area contributed by atoms with Crippen LogP contribution in [0.25, 0.3) is 5.69 Å². The molecule has 1 aliphatic carbocycles. The summed E-state index contributed by atoms with van der Waals surface area (Å²) in [7, 11) is 1.53. The van der Waals surface area contributed by atoms with Crippen molar-refractivity contribution in [3.8, 4) is 17.2 Å². The molecule has 4 rings (SSSR count). The van der Waals surface area contributed by atoms with Gasteiger partial charge in [0, 0.05) is 23.9 Å². The van der Waals surface area contributed by atoms with Crippen molar-refractivity contribution < 1.29 is 28.7 Å². The lowest BCUT2D eigenvalue weighted by Crippen LogP contribution is -2.26. The number of aromatic nitrogens is 1. The van der Waals surface area contributed by atoms with Gasteiger partial charge >= 0.3 is 5.97 Å². The first-order chi connectivity index (χ1) is 15.9. The minimum atomic E-state index is -1.18. The number of hydrogen-bond donors (Lipinski definition) is 1. The number of nitrogens with zero attached hydrogens (tertiary/aromatic N) is 2. The van der Waals surface area contributed by atoms with Crippen LogP contribution in [0.5, 0.6) is 11.5 Å². The van der Waals surface area contributed by atoms with Gasteiger partial charge in [-0.2, -0.15) is 0 Å². The Hall–Kier alpha value is -4.14. The van der Waals surface area contributed by atoms with Gasteiger partial charge in [0.1, 0.15) is 11.5 Å². The highest BCUT2D eigenvalue weighted by molar-refractivity contribution is 5.99. The molecular formula is C24H21FN2O6. The Labute approximate surface area is 188 Å². The summed E-state index contributed by atoms with van der Waals surface area (Å²) in [5.41, 5.74) is 0.199. The Morgan fingerprint density at radius 2 is 1.67 bits per heavy atom. The molecule has 1 fully saturated rings. The van der Waals surface area contributed by atoms with Crippen molar-refractivity contribution in [2.24, 2.45) is 17.8 Å². The third-order valence-corrected chi connectivity index (χ3v) is 5.61. The number of carbonyl (C=O) groups excluding carboxylic acids is 1. The first-order valence-electron chi connectivity index (χ1n) is 10.2. The number of anilines is 1. The van der Waals surface area contributed by atoms with E-state index in [-0.39, 0.29) is 23.0 Å². The van der Waals surface area contributed by atoms with E-state index in [9.17, 15) is 24.0 Å². The Morgan fingerprint density at radius 3 is 2.27 bits per heavy atom. The van der Waals surface area contributed by atoms with E-state index in [1.165, 1.54) is 42.0 Å². The maximum atomic E-state index is 14.9. The molecule has 8 nitrogen and oxygen atoms in total. The van der Waals surface area contributed by atoms with Gasteiger partial charge in [0.15, 0.2) is 0 Å². The molecule has 1 amide bonds. The van der Waals surface area contributed by atoms with Gasteiger partial charge in [-0.3, -0.25) is 19.0 Å². The third kappa shape index (κ3) is 4.57. The molecule has 0 radical (unpaired) electrons. The molecule has 3 atom stereocenters. The predicted octanol–water partition coefficient (Wildman–Crippen LogP) is 3.09. The van der Waals surface area contributed by atoms with E-state index in [1.807, 2.05) is 0 Å². The first-order valence-corrected chi connectivity index (χ1v) is 10.2. The zero-order valence-corrected chi connectivity index (χ0v) is 17.6. The molecular weight excluding hydrogens is 431 g/mol. The third-order valence-electron chi connectivity index (χ3n) is 5.61. The van der Waals surface area contributed by atoms with Gasteiger partial charge in [-0.05, 0) is 54.6 Å². The smallest absolute Gasteiger partial charge is 0.307 e. The van der Waals surface area contributed by atoms with Crippen LogP contribution in [0.15, 0.2) is 77.7 Å². The van der Waals surface area contributed by atoms with Crippen LogP contribution in [0.1, 0.15) is 0 Å². The molecule has 0 bridgehead atoms. The largest absolute Gasteiger partial charge is 0.497 e. The Balaban J connectivity index is 1.43. The Morgan fingerprint density at radius 1 is 1.00 bits per heavy atom. The number of halogens is 1. The zero-order valence-electron chi connectivity index (χ0n) is 17.6. The quantitative estimate of drug-likeness (QED) is 0.528. The number of benzene rings is 2. The van der Waals surface area contributed by atoms with Crippen LogP contribution in [0.2, 0.25) is 0 Å². The zero-order chi connectivity index (χ0) is 23.5. The molecule has 1 aliphatic rings. The molecule has 9 heteroatoms.